The molecule has 0 saturated heterocycles. The molecule has 0 atom stereocenters. The van der Waals surface area contributed by atoms with Gasteiger partial charge in [0.2, 0.25) is 11.6 Å². The summed E-state index contributed by atoms with van der Waals surface area (Å²) in [7, 11) is 1.49. The molecule has 10 heteroatoms. The number of aryl methyl sites for hydroxylation is 2. The highest BCUT2D eigenvalue weighted by atomic mass is 19.1. The maximum absolute atomic E-state index is 13.7. The number of nitrogens with zero attached hydrogens (tertiary/aromatic N) is 3. The van der Waals surface area contributed by atoms with Gasteiger partial charge in [0.15, 0.2) is 0 Å². The second-order valence-corrected chi connectivity index (χ2v) is 6.34. The first-order valence-corrected chi connectivity index (χ1v) is 8.72. The van der Waals surface area contributed by atoms with Crippen molar-refractivity contribution in [2.75, 3.05) is 18.4 Å². The molecule has 2 heterocycles. The molecule has 0 radical (unpaired) electrons. The Morgan fingerprint density at radius 2 is 1.93 bits per heavy atom. The Morgan fingerprint density at radius 3 is 2.55 bits per heavy atom. The lowest BCUT2D eigenvalue weighted by Crippen LogP contribution is -2.38. The molecule has 0 bridgehead atoms. The van der Waals surface area contributed by atoms with Gasteiger partial charge in [-0.25, -0.2) is 13.8 Å². The number of hydrogen-bond acceptors (Lipinski definition) is 5. The van der Waals surface area contributed by atoms with E-state index in [2.05, 4.69) is 10.3 Å². The van der Waals surface area contributed by atoms with Crippen LogP contribution in [-0.4, -0.2) is 39.4 Å². The molecule has 3 aromatic rings. The molecule has 8 nitrogen and oxygen atoms in total. The smallest absolute Gasteiger partial charge is 0.265 e. The first-order valence-electron chi connectivity index (χ1n) is 8.72. The third kappa shape index (κ3) is 3.73. The average Bonchev–Trinajstić information content (AvgIpc) is 3.02. The molecular weight excluding hydrogens is 386 g/mol. The second kappa shape index (κ2) is 7.82. The van der Waals surface area contributed by atoms with Crippen molar-refractivity contribution in [2.24, 2.45) is 7.05 Å². The van der Waals surface area contributed by atoms with E-state index < -0.39 is 41.2 Å². The van der Waals surface area contributed by atoms with Gasteiger partial charge in [0.1, 0.15) is 41.3 Å². The van der Waals surface area contributed by atoms with Gasteiger partial charge in [0, 0.05) is 13.6 Å². The van der Waals surface area contributed by atoms with Crippen LogP contribution in [0.5, 0.6) is 0 Å². The van der Waals surface area contributed by atoms with Crippen molar-refractivity contribution in [2.45, 2.75) is 13.8 Å². The number of rotatable bonds is 5. The minimum Gasteiger partial charge on any atom is -0.442 e. The Kier molecular flexibility index (Phi) is 5.44. The zero-order valence-electron chi connectivity index (χ0n) is 16.0. The van der Waals surface area contributed by atoms with Crippen LogP contribution in [0.25, 0.3) is 11.1 Å². The largest absolute Gasteiger partial charge is 0.442 e. The Bertz CT molecular complexity index is 1150. The summed E-state index contributed by atoms with van der Waals surface area (Å²) in [6, 6.07) is 3.18. The molecule has 3 rings (SSSR count). The molecule has 0 fully saturated rings. The summed E-state index contributed by atoms with van der Waals surface area (Å²) in [6.45, 7) is 2.77. The molecule has 0 aliphatic carbocycles. The fraction of sp³-hybridized carbons (Fsp3) is 0.263. The molecule has 152 valence electrons. The number of anilines is 1. The zero-order valence-corrected chi connectivity index (χ0v) is 16.0. The van der Waals surface area contributed by atoms with Crippen molar-refractivity contribution in [3.63, 3.8) is 0 Å². The summed E-state index contributed by atoms with van der Waals surface area (Å²) in [4.78, 5) is 42.9. The molecule has 2 amide bonds. The molecule has 29 heavy (non-hydrogen) atoms. The van der Waals surface area contributed by atoms with E-state index in [1.165, 1.54) is 30.9 Å². The summed E-state index contributed by atoms with van der Waals surface area (Å²) in [5.74, 6) is -3.10. The molecule has 0 aliphatic rings. The number of likely N-dealkylation sites (N-methyl/N-ethyl adjacent to an activating group) is 1. The summed E-state index contributed by atoms with van der Waals surface area (Å²) in [6.07, 6.45) is 1.27. The van der Waals surface area contributed by atoms with Crippen LogP contribution >= 0.6 is 0 Å². The topological polar surface area (TPSA) is 97.4 Å². The van der Waals surface area contributed by atoms with Crippen molar-refractivity contribution in [3.8, 4) is 0 Å². The lowest BCUT2D eigenvalue weighted by Gasteiger charge is -2.20. The summed E-state index contributed by atoms with van der Waals surface area (Å²) in [5, 5.41) is 2.14. The lowest BCUT2D eigenvalue weighted by molar-refractivity contribution is -0.116. The lowest BCUT2D eigenvalue weighted by atomic mass is 10.1. The highest BCUT2D eigenvalue weighted by Crippen LogP contribution is 2.23. The number of aromatic nitrogens is 2. The molecule has 0 unspecified atom stereocenters. The Hall–Kier alpha value is -3.56. The van der Waals surface area contributed by atoms with Crippen LogP contribution < -0.4 is 10.9 Å². The van der Waals surface area contributed by atoms with Gasteiger partial charge >= 0.3 is 0 Å². The minimum absolute atomic E-state index is 0.000391. The van der Waals surface area contributed by atoms with Crippen LogP contribution in [0.15, 0.2) is 33.7 Å². The summed E-state index contributed by atoms with van der Waals surface area (Å²) >= 11 is 0. The van der Waals surface area contributed by atoms with Gasteiger partial charge in [-0.2, -0.15) is 0 Å². The first-order chi connectivity index (χ1) is 13.7. The van der Waals surface area contributed by atoms with Gasteiger partial charge < -0.3 is 19.2 Å². The monoisotopic (exact) mass is 404 g/mol. The Balaban J connectivity index is 1.89. The summed E-state index contributed by atoms with van der Waals surface area (Å²) in [5.41, 5.74) is -1.04. The highest BCUT2D eigenvalue weighted by molar-refractivity contribution is 6.07. The SMILES string of the molecule is CCN(CC(=O)Nc1c(F)cccc1F)C(=O)c1c(C)oc2ncn(C)c(=O)c12. The predicted molar refractivity (Wildman–Crippen MR) is 101 cm³/mol. The normalized spacial score (nSPS) is 10.9. The van der Waals surface area contributed by atoms with Crippen LogP contribution in [0.2, 0.25) is 0 Å². The molecular formula is C19H18F2N4O4. The van der Waals surface area contributed by atoms with Crippen molar-refractivity contribution in [1.29, 1.82) is 0 Å². The Morgan fingerprint density at radius 1 is 1.28 bits per heavy atom. The first kappa shape index (κ1) is 20.2. The molecule has 2 aromatic heterocycles. The number of furan rings is 1. The second-order valence-electron chi connectivity index (χ2n) is 6.34. The van der Waals surface area contributed by atoms with Crippen molar-refractivity contribution in [3.05, 3.63) is 57.8 Å². The summed E-state index contributed by atoms with van der Waals surface area (Å²) < 4.78 is 34.1. The molecule has 0 saturated carbocycles. The van der Waals surface area contributed by atoms with Gasteiger partial charge in [0.05, 0.1) is 5.56 Å². The average molecular weight is 404 g/mol. The number of amides is 2. The quantitative estimate of drug-likeness (QED) is 0.703. The van der Waals surface area contributed by atoms with E-state index in [0.717, 1.165) is 17.0 Å². The van der Waals surface area contributed by atoms with Crippen LogP contribution in [0.3, 0.4) is 0 Å². The predicted octanol–water partition coefficient (Wildman–Crippen LogP) is 2.21. The standard InChI is InChI=1S/C19H18F2N4O4/c1-4-25(8-13(26)23-16-11(20)6-5-7-12(16)21)19(28)14-10(2)29-17-15(14)18(27)24(3)9-22-17/h5-7,9H,4,8H2,1-3H3,(H,23,26). The van der Waals surface area contributed by atoms with E-state index in [0.29, 0.717) is 0 Å². The molecule has 1 N–H and O–H groups in total. The van der Waals surface area contributed by atoms with Crippen LogP contribution in [0, 0.1) is 18.6 Å². The van der Waals surface area contributed by atoms with E-state index in [-0.39, 0.29) is 29.0 Å². The third-order valence-electron chi connectivity index (χ3n) is 4.39. The van der Waals surface area contributed by atoms with E-state index >= 15 is 0 Å². The van der Waals surface area contributed by atoms with E-state index in [1.807, 2.05) is 0 Å². The van der Waals surface area contributed by atoms with Crippen LogP contribution in [0.4, 0.5) is 14.5 Å². The minimum atomic E-state index is -0.932. The van der Waals surface area contributed by atoms with Gasteiger partial charge in [-0.3, -0.25) is 14.4 Å². The number of nitrogens with one attached hydrogen (secondary N) is 1. The van der Waals surface area contributed by atoms with Crippen molar-refractivity contribution in [1.82, 2.24) is 14.5 Å². The van der Waals surface area contributed by atoms with Crippen molar-refractivity contribution >= 4 is 28.6 Å². The zero-order chi connectivity index (χ0) is 21.3. The van der Waals surface area contributed by atoms with E-state index in [1.54, 1.807) is 6.92 Å². The van der Waals surface area contributed by atoms with Gasteiger partial charge in [-0.15, -0.1) is 0 Å². The van der Waals surface area contributed by atoms with Gasteiger partial charge in [-0.05, 0) is 26.0 Å². The number of hydrogen-bond donors (Lipinski definition) is 1. The van der Waals surface area contributed by atoms with E-state index in [4.69, 9.17) is 4.42 Å². The number of carbonyl (C=O) groups is 2. The Labute approximate surface area is 163 Å². The maximum atomic E-state index is 13.7. The van der Waals surface area contributed by atoms with Gasteiger partial charge in [-0.1, -0.05) is 6.07 Å². The van der Waals surface area contributed by atoms with E-state index in [9.17, 15) is 23.2 Å². The van der Waals surface area contributed by atoms with Gasteiger partial charge in [0.25, 0.3) is 11.5 Å². The van der Waals surface area contributed by atoms with Crippen LogP contribution in [0.1, 0.15) is 23.0 Å². The number of carbonyl (C=O) groups excluding carboxylic acids is 2. The fourth-order valence-electron chi connectivity index (χ4n) is 2.90. The third-order valence-corrected chi connectivity index (χ3v) is 4.39. The number of benzene rings is 1. The number of fused-ring (bicyclic) bond motifs is 1. The number of para-hydroxylation sites is 1. The molecule has 0 spiro atoms. The highest BCUT2D eigenvalue weighted by Gasteiger charge is 2.27. The van der Waals surface area contributed by atoms with Crippen molar-refractivity contribution < 1.29 is 22.8 Å². The fourth-order valence-corrected chi connectivity index (χ4v) is 2.90. The molecule has 1 aromatic carbocycles. The van der Waals surface area contributed by atoms with Crippen LogP contribution in [-0.2, 0) is 11.8 Å². The number of halogens is 2. The maximum Gasteiger partial charge on any atom is 0.265 e. The molecule has 0 aliphatic heterocycles.